The van der Waals surface area contributed by atoms with Crippen molar-refractivity contribution in [2.75, 3.05) is 25.0 Å². The molecule has 1 unspecified atom stereocenters. The Hall–Kier alpha value is -1.89. The highest BCUT2D eigenvalue weighted by molar-refractivity contribution is 5.50. The molecule has 19 heavy (non-hydrogen) atoms. The van der Waals surface area contributed by atoms with Crippen molar-refractivity contribution in [3.05, 3.63) is 22.9 Å². The van der Waals surface area contributed by atoms with Crippen molar-refractivity contribution >= 4 is 11.5 Å². The topological polar surface area (TPSA) is 78.3 Å². The molecule has 0 aliphatic carbocycles. The van der Waals surface area contributed by atoms with Gasteiger partial charge in [-0.3, -0.25) is 0 Å². The Morgan fingerprint density at radius 1 is 1.42 bits per heavy atom. The molecule has 0 bridgehead atoms. The van der Waals surface area contributed by atoms with Crippen molar-refractivity contribution in [1.29, 1.82) is 0 Å². The molecule has 0 radical (unpaired) electrons. The Balaban J connectivity index is 1.87. The lowest BCUT2D eigenvalue weighted by atomic mass is 10.1. The van der Waals surface area contributed by atoms with Crippen molar-refractivity contribution in [2.45, 2.75) is 25.3 Å². The lowest BCUT2D eigenvalue weighted by molar-refractivity contribution is 0.562. The van der Waals surface area contributed by atoms with E-state index in [1.807, 2.05) is 6.07 Å². The van der Waals surface area contributed by atoms with Gasteiger partial charge in [-0.1, -0.05) is 0 Å². The molecule has 0 saturated carbocycles. The monoisotopic (exact) mass is 262 g/mol. The predicted octanol–water partition coefficient (Wildman–Crippen LogP) is -0.00410. The second-order valence-electron chi connectivity index (χ2n) is 4.95. The molecule has 2 aromatic heterocycles. The lowest BCUT2D eigenvalue weighted by Gasteiger charge is -2.27. The first-order chi connectivity index (χ1) is 9.25. The first kappa shape index (κ1) is 12.2. The Bertz CT molecular complexity index is 610. The van der Waals surface area contributed by atoms with Crippen LogP contribution in [0, 0.1) is 0 Å². The van der Waals surface area contributed by atoms with Crippen molar-refractivity contribution in [3.8, 4) is 0 Å². The van der Waals surface area contributed by atoms with Crippen LogP contribution in [0.1, 0.15) is 19.3 Å². The molecule has 2 aromatic rings. The first-order valence-corrected chi connectivity index (χ1v) is 6.62. The number of nitrogens with one attached hydrogen (secondary N) is 2. The fourth-order valence-electron chi connectivity index (χ4n) is 2.57. The highest BCUT2D eigenvalue weighted by Gasteiger charge is 2.18. The maximum atomic E-state index is 11.4. The minimum Gasteiger partial charge on any atom is -0.356 e. The van der Waals surface area contributed by atoms with Gasteiger partial charge in [-0.2, -0.15) is 5.10 Å². The van der Waals surface area contributed by atoms with Crippen LogP contribution < -0.4 is 15.9 Å². The minimum absolute atomic E-state index is 0.254. The zero-order chi connectivity index (χ0) is 13.2. The number of nitrogens with zero attached hydrogens (tertiary/aromatic N) is 4. The second-order valence-corrected chi connectivity index (χ2v) is 4.95. The molecule has 3 heterocycles. The molecule has 1 atom stereocenters. The summed E-state index contributed by atoms with van der Waals surface area (Å²) in [5, 5.41) is 9.80. The molecular weight excluding hydrogens is 244 g/mol. The smallest absolute Gasteiger partial charge is 0.348 e. The number of H-pyrrole nitrogens is 1. The molecule has 7 nitrogen and oxygen atoms in total. The van der Waals surface area contributed by atoms with Crippen LogP contribution in [0.3, 0.4) is 0 Å². The van der Waals surface area contributed by atoms with Gasteiger partial charge in [-0.25, -0.2) is 19.3 Å². The summed E-state index contributed by atoms with van der Waals surface area (Å²) < 4.78 is 1.41. The summed E-state index contributed by atoms with van der Waals surface area (Å²) in [4.78, 5) is 17.9. The Morgan fingerprint density at radius 2 is 2.32 bits per heavy atom. The third-order valence-corrected chi connectivity index (χ3v) is 3.75. The van der Waals surface area contributed by atoms with Crippen molar-refractivity contribution < 1.29 is 0 Å². The average molecular weight is 262 g/mol. The Morgan fingerprint density at radius 3 is 3.21 bits per heavy atom. The molecule has 1 saturated heterocycles. The summed E-state index contributed by atoms with van der Waals surface area (Å²) in [6.07, 6.45) is 4.97. The van der Waals surface area contributed by atoms with E-state index in [9.17, 15) is 4.79 Å². The number of anilines is 1. The maximum absolute atomic E-state index is 11.4. The maximum Gasteiger partial charge on any atom is 0.348 e. The van der Waals surface area contributed by atoms with E-state index in [-0.39, 0.29) is 5.69 Å². The van der Waals surface area contributed by atoms with Crippen molar-refractivity contribution in [2.24, 2.45) is 0 Å². The van der Waals surface area contributed by atoms with Crippen LogP contribution in [0.15, 0.2) is 17.2 Å². The van der Waals surface area contributed by atoms with E-state index in [0.29, 0.717) is 11.7 Å². The number of hydrogen-bond donors (Lipinski definition) is 2. The quantitative estimate of drug-likeness (QED) is 0.796. The van der Waals surface area contributed by atoms with Crippen molar-refractivity contribution in [3.63, 3.8) is 0 Å². The second kappa shape index (κ2) is 5.00. The predicted molar refractivity (Wildman–Crippen MR) is 72.5 cm³/mol. The van der Waals surface area contributed by atoms with E-state index in [1.165, 1.54) is 17.1 Å². The van der Waals surface area contributed by atoms with E-state index in [0.717, 1.165) is 31.7 Å². The van der Waals surface area contributed by atoms with Crippen LogP contribution >= 0.6 is 0 Å². The van der Waals surface area contributed by atoms with Crippen LogP contribution in [-0.4, -0.2) is 45.8 Å². The summed E-state index contributed by atoms with van der Waals surface area (Å²) in [6, 6.07) is 2.33. The zero-order valence-electron chi connectivity index (χ0n) is 11.0. The number of aromatic nitrogens is 4. The third-order valence-electron chi connectivity index (χ3n) is 3.75. The number of aromatic amines is 1. The minimum atomic E-state index is -0.254. The van der Waals surface area contributed by atoms with Crippen LogP contribution in [0.5, 0.6) is 0 Å². The van der Waals surface area contributed by atoms with E-state index in [2.05, 4.69) is 32.4 Å². The Labute approximate surface area is 110 Å². The molecule has 7 heteroatoms. The van der Waals surface area contributed by atoms with Gasteiger partial charge in [0, 0.05) is 19.2 Å². The molecule has 2 N–H and O–H groups in total. The molecule has 1 aliphatic heterocycles. The van der Waals surface area contributed by atoms with Crippen LogP contribution in [0.4, 0.5) is 5.82 Å². The molecule has 0 spiro atoms. The summed E-state index contributed by atoms with van der Waals surface area (Å²) in [5.74, 6) is 0.860. The average Bonchev–Trinajstić information content (AvgIpc) is 2.67. The van der Waals surface area contributed by atoms with Gasteiger partial charge in [-0.15, -0.1) is 0 Å². The zero-order valence-corrected chi connectivity index (χ0v) is 11.0. The molecule has 0 aromatic carbocycles. The van der Waals surface area contributed by atoms with Crippen LogP contribution in [0.25, 0.3) is 5.65 Å². The van der Waals surface area contributed by atoms with Crippen molar-refractivity contribution in [1.82, 2.24) is 24.9 Å². The fraction of sp³-hybridized carbons (Fsp3) is 0.583. The van der Waals surface area contributed by atoms with Gasteiger partial charge in [0.1, 0.15) is 12.1 Å². The molecule has 1 fully saturated rings. The number of fused-ring (bicyclic) bond motifs is 1. The van der Waals surface area contributed by atoms with E-state index in [1.54, 1.807) is 0 Å². The van der Waals surface area contributed by atoms with Crippen LogP contribution in [0.2, 0.25) is 0 Å². The van der Waals surface area contributed by atoms with Gasteiger partial charge in [0.05, 0.1) is 0 Å². The normalized spacial score (nSPS) is 20.4. The van der Waals surface area contributed by atoms with E-state index in [4.69, 9.17) is 0 Å². The largest absolute Gasteiger partial charge is 0.356 e. The number of rotatable bonds is 2. The highest BCUT2D eigenvalue weighted by Crippen LogP contribution is 2.18. The third kappa shape index (κ3) is 2.33. The molecule has 0 amide bonds. The summed E-state index contributed by atoms with van der Waals surface area (Å²) >= 11 is 0. The lowest BCUT2D eigenvalue weighted by Crippen LogP contribution is -2.33. The SMILES string of the molecule is CN(c1cc2n[nH]c(=O)n2cn1)C1CCCNCC1. The standard InChI is InChI=1S/C12H18N6O/c1-17(9-3-2-5-13-6-4-9)10-7-11-15-16-12(19)18(11)8-14-10/h7-9,13H,2-6H2,1H3,(H,16,19). The highest BCUT2D eigenvalue weighted by atomic mass is 16.1. The van der Waals surface area contributed by atoms with Gasteiger partial charge in [-0.05, 0) is 32.4 Å². The summed E-state index contributed by atoms with van der Waals surface area (Å²) in [6.45, 7) is 2.13. The summed E-state index contributed by atoms with van der Waals surface area (Å²) in [7, 11) is 2.06. The van der Waals surface area contributed by atoms with Crippen LogP contribution in [-0.2, 0) is 0 Å². The van der Waals surface area contributed by atoms with Gasteiger partial charge >= 0.3 is 5.69 Å². The van der Waals surface area contributed by atoms with E-state index < -0.39 is 0 Å². The van der Waals surface area contributed by atoms with Gasteiger partial charge in [0.15, 0.2) is 5.65 Å². The number of hydrogen-bond acceptors (Lipinski definition) is 5. The van der Waals surface area contributed by atoms with Gasteiger partial charge < -0.3 is 10.2 Å². The fourth-order valence-corrected chi connectivity index (χ4v) is 2.57. The van der Waals surface area contributed by atoms with Gasteiger partial charge in [0.25, 0.3) is 0 Å². The molecule has 102 valence electrons. The first-order valence-electron chi connectivity index (χ1n) is 6.62. The molecular formula is C12H18N6O. The summed E-state index contributed by atoms with van der Waals surface area (Å²) in [5.41, 5.74) is 0.351. The molecule has 3 rings (SSSR count). The Kier molecular flexibility index (Phi) is 3.20. The molecule has 1 aliphatic rings. The van der Waals surface area contributed by atoms with Gasteiger partial charge in [0.2, 0.25) is 0 Å². The van der Waals surface area contributed by atoms with E-state index >= 15 is 0 Å².